The van der Waals surface area contributed by atoms with Crippen molar-refractivity contribution in [1.82, 2.24) is 36.3 Å². The first-order valence-electron chi connectivity index (χ1n) is 25.0. The van der Waals surface area contributed by atoms with E-state index >= 15 is 0 Å². The molecule has 19 heteroatoms. The number of amides is 4. The monoisotopic (exact) mass is 1010 g/mol. The van der Waals surface area contributed by atoms with Crippen molar-refractivity contribution in [3.63, 3.8) is 0 Å². The van der Waals surface area contributed by atoms with Gasteiger partial charge in [0.1, 0.15) is 46.7 Å². The van der Waals surface area contributed by atoms with E-state index in [1.54, 1.807) is 85.3 Å². The number of aromatic nitrogens is 3. The van der Waals surface area contributed by atoms with Gasteiger partial charge in [-0.25, -0.2) is 19.2 Å². The van der Waals surface area contributed by atoms with Crippen LogP contribution in [0.4, 0.5) is 4.79 Å². The van der Waals surface area contributed by atoms with Gasteiger partial charge in [-0.05, 0) is 112 Å². The summed E-state index contributed by atoms with van der Waals surface area (Å²) in [5.74, 6) is -3.89. The van der Waals surface area contributed by atoms with Gasteiger partial charge in [-0.2, -0.15) is 0 Å². The Balaban J connectivity index is 1.39. The Kier molecular flexibility index (Phi) is 24.8. The average Bonchev–Trinajstić information content (AvgIpc) is 3.74. The number of carbonyl (C=O) groups is 7. The molecule has 0 aliphatic rings. The van der Waals surface area contributed by atoms with Gasteiger partial charge in [-0.1, -0.05) is 85.1 Å². The van der Waals surface area contributed by atoms with E-state index in [2.05, 4.69) is 31.6 Å². The predicted octanol–water partition coefficient (Wildman–Crippen LogP) is 6.69. The number of nitrogens with one attached hydrogen (secondary N) is 4. The molecule has 19 nitrogen and oxygen atoms in total. The van der Waals surface area contributed by atoms with Crippen LogP contribution >= 0.6 is 0 Å². The molecule has 1 heterocycles. The average molecular weight is 1010 g/mol. The number of hydrogen-bond donors (Lipinski definition) is 5. The van der Waals surface area contributed by atoms with Gasteiger partial charge in [0.2, 0.25) is 11.8 Å². The maximum absolute atomic E-state index is 13.4. The van der Waals surface area contributed by atoms with Crippen molar-refractivity contribution in [2.45, 2.75) is 200 Å². The molecule has 0 bridgehead atoms. The second-order valence-electron chi connectivity index (χ2n) is 20.9. The number of unbranched alkanes of at least 4 members (excludes halogenated alkanes) is 5. The molecule has 398 valence electrons. The van der Waals surface area contributed by atoms with Crippen molar-refractivity contribution in [3.8, 4) is 0 Å². The molecule has 3 rings (SSSR count). The topological polar surface area (TPSA) is 255 Å². The van der Waals surface area contributed by atoms with Crippen LogP contribution in [0.3, 0.4) is 0 Å². The molecule has 4 atom stereocenters. The molecule has 5 N–H and O–H groups in total. The van der Waals surface area contributed by atoms with E-state index in [4.69, 9.17) is 18.9 Å². The quantitative estimate of drug-likeness (QED) is 0.0265. The lowest BCUT2D eigenvalue weighted by molar-refractivity contribution is -0.159. The van der Waals surface area contributed by atoms with Crippen LogP contribution in [-0.4, -0.2) is 109 Å². The number of aliphatic carboxylic acids is 1. The summed E-state index contributed by atoms with van der Waals surface area (Å²) in [6.45, 7) is 16.7. The van der Waals surface area contributed by atoms with Gasteiger partial charge in [-0.3, -0.25) is 19.1 Å². The van der Waals surface area contributed by atoms with Crippen molar-refractivity contribution in [1.29, 1.82) is 0 Å². The van der Waals surface area contributed by atoms with E-state index in [1.165, 1.54) is 0 Å². The second-order valence-corrected chi connectivity index (χ2v) is 20.9. The Morgan fingerprint density at radius 2 is 1.11 bits per heavy atom. The number of urea groups is 1. The van der Waals surface area contributed by atoms with Crippen LogP contribution in [0, 0.1) is 0 Å². The number of ether oxygens (including phenoxy) is 4. The maximum atomic E-state index is 13.4. The van der Waals surface area contributed by atoms with Crippen LogP contribution in [0.1, 0.15) is 150 Å². The van der Waals surface area contributed by atoms with Crippen molar-refractivity contribution < 1.29 is 57.6 Å². The number of benzene rings is 2. The van der Waals surface area contributed by atoms with Crippen molar-refractivity contribution in [3.05, 3.63) is 83.7 Å². The van der Waals surface area contributed by atoms with E-state index in [9.17, 15) is 38.7 Å². The van der Waals surface area contributed by atoms with Crippen LogP contribution in [0.15, 0.2) is 66.9 Å². The molecule has 72 heavy (non-hydrogen) atoms. The summed E-state index contributed by atoms with van der Waals surface area (Å²) in [7, 11) is 0. The smallest absolute Gasteiger partial charge is 0.329 e. The number of carboxylic acid groups (broad SMARTS) is 1. The van der Waals surface area contributed by atoms with E-state index in [-0.39, 0.29) is 51.0 Å². The molecule has 0 spiro atoms. The third-order valence-electron chi connectivity index (χ3n) is 10.5. The molecular formula is C53H79N7O12. The third-order valence-corrected chi connectivity index (χ3v) is 10.5. The van der Waals surface area contributed by atoms with Crippen molar-refractivity contribution in [2.24, 2.45) is 0 Å². The number of esters is 3. The van der Waals surface area contributed by atoms with Crippen molar-refractivity contribution >= 4 is 41.7 Å². The molecule has 0 saturated carbocycles. The number of carbonyl (C=O) groups excluding carboxylic acids is 6. The summed E-state index contributed by atoms with van der Waals surface area (Å²) in [5, 5.41) is 28.9. The molecule has 1 aromatic heterocycles. The lowest BCUT2D eigenvalue weighted by atomic mass is 10.0. The van der Waals surface area contributed by atoms with Crippen LogP contribution in [0.2, 0.25) is 0 Å². The molecule has 0 fully saturated rings. The predicted molar refractivity (Wildman–Crippen MR) is 269 cm³/mol. The Morgan fingerprint density at radius 1 is 0.583 bits per heavy atom. The van der Waals surface area contributed by atoms with Crippen LogP contribution in [0.25, 0.3) is 0 Å². The fourth-order valence-corrected chi connectivity index (χ4v) is 7.24. The molecule has 3 aromatic rings. The Labute approximate surface area is 424 Å². The van der Waals surface area contributed by atoms with Crippen LogP contribution in [0.5, 0.6) is 0 Å². The van der Waals surface area contributed by atoms with Gasteiger partial charge in [-0.15, -0.1) is 5.10 Å². The first-order chi connectivity index (χ1) is 33.9. The maximum Gasteiger partial charge on any atom is 0.329 e. The number of carboxylic acids is 1. The molecule has 0 aliphatic heterocycles. The molecule has 1 unspecified atom stereocenters. The summed E-state index contributed by atoms with van der Waals surface area (Å²) < 4.78 is 24.0. The largest absolute Gasteiger partial charge is 0.480 e. The highest BCUT2D eigenvalue weighted by Crippen LogP contribution is 2.16. The standard InChI is InChI=1S/C53H79N7O12/c1-51(2,3)70-45(62)30-29-41(49(67)72-53(7,8)9)57-50(68)56-40(48(66)71-52(4,5)6)27-20-21-31-60-35-39(58-59-60)36-69-32-22-12-10-11-19-28-44(61)54-42(33-37-23-15-13-16-24-37)46(63)55-43(47(64)65)34-38-25-17-14-18-26-38/h13-18,23-26,35,40-43H,10-12,19-22,27-34,36H2,1-9H3,(H,54,61)(H,55,63)(H,64,65)(H2,56,57,68)/t40-,41-,42-,43?/m0/s1. The zero-order chi connectivity index (χ0) is 53.3. The van der Waals surface area contributed by atoms with Gasteiger partial charge in [0.05, 0.1) is 12.8 Å². The Hall–Kier alpha value is -6.37. The highest BCUT2D eigenvalue weighted by Gasteiger charge is 2.32. The minimum Gasteiger partial charge on any atom is -0.480 e. The molecule has 0 saturated heterocycles. The summed E-state index contributed by atoms with van der Waals surface area (Å²) in [4.78, 5) is 90.5. The number of hydrogen-bond acceptors (Lipinski definition) is 13. The normalized spacial score (nSPS) is 13.4. The molecule has 2 aromatic carbocycles. The first kappa shape index (κ1) is 59.9. The lowest BCUT2D eigenvalue weighted by Crippen LogP contribution is -2.53. The lowest BCUT2D eigenvalue weighted by Gasteiger charge is -2.27. The first-order valence-corrected chi connectivity index (χ1v) is 25.0. The van der Waals surface area contributed by atoms with Gasteiger partial charge >= 0.3 is 29.9 Å². The second kappa shape index (κ2) is 29.8. The van der Waals surface area contributed by atoms with Gasteiger partial charge in [0.25, 0.3) is 0 Å². The Bertz CT molecular complexity index is 2160. The van der Waals surface area contributed by atoms with Crippen molar-refractivity contribution in [2.75, 3.05) is 6.61 Å². The summed E-state index contributed by atoms with van der Waals surface area (Å²) >= 11 is 0. The zero-order valence-electron chi connectivity index (χ0n) is 43.8. The fourth-order valence-electron chi connectivity index (χ4n) is 7.24. The third kappa shape index (κ3) is 26.2. The molecule has 0 radical (unpaired) electrons. The van der Waals surface area contributed by atoms with Gasteiger partial charge in [0, 0.05) is 38.8 Å². The van der Waals surface area contributed by atoms with Gasteiger partial charge in [0.15, 0.2) is 0 Å². The Morgan fingerprint density at radius 3 is 1.67 bits per heavy atom. The highest BCUT2D eigenvalue weighted by atomic mass is 16.6. The summed E-state index contributed by atoms with van der Waals surface area (Å²) in [6.07, 6.45) is 7.48. The number of aryl methyl sites for hydroxylation is 1. The van der Waals surface area contributed by atoms with E-state index in [1.807, 2.05) is 48.5 Å². The van der Waals surface area contributed by atoms with E-state index < -0.39 is 76.8 Å². The zero-order valence-corrected chi connectivity index (χ0v) is 43.8. The summed E-state index contributed by atoms with van der Waals surface area (Å²) in [5.41, 5.74) is -0.136. The van der Waals surface area contributed by atoms with E-state index in [0.717, 1.165) is 36.8 Å². The SMILES string of the molecule is CC(C)(C)OC(=O)CC[C@H](NC(=O)N[C@@H](CCCCn1cc(COCCCCCCCC(=O)N[C@@H](Cc2ccccc2)C(=O)NC(Cc2ccccc2)C(=O)O)nn1)C(=O)OC(C)(C)C)C(=O)OC(C)(C)C. The number of rotatable bonds is 30. The van der Waals surface area contributed by atoms with Crippen LogP contribution < -0.4 is 21.3 Å². The number of nitrogens with zero attached hydrogens (tertiary/aromatic N) is 3. The minimum atomic E-state index is -1.19. The molecule has 0 aliphatic carbocycles. The summed E-state index contributed by atoms with van der Waals surface area (Å²) in [6, 6.07) is 13.2. The fraction of sp³-hybridized carbons (Fsp3) is 0.604. The molecular weight excluding hydrogens is 927 g/mol. The van der Waals surface area contributed by atoms with E-state index in [0.29, 0.717) is 38.1 Å². The molecule has 4 amide bonds. The minimum absolute atomic E-state index is 0.0799. The van der Waals surface area contributed by atoms with Gasteiger partial charge < -0.3 is 45.3 Å². The highest BCUT2D eigenvalue weighted by molar-refractivity contribution is 5.91. The van der Waals surface area contributed by atoms with Crippen LogP contribution in [-0.2, 0) is 73.7 Å².